The van der Waals surface area contributed by atoms with E-state index < -0.39 is 22.9 Å². The largest absolute Gasteiger partial charge is 0.408 e. The van der Waals surface area contributed by atoms with Crippen LogP contribution < -0.4 is 4.72 Å². The third-order valence-electron chi connectivity index (χ3n) is 2.69. The monoisotopic (exact) mass is 332 g/mol. The number of aromatic nitrogens is 2. The Morgan fingerprint density at radius 1 is 1.35 bits per heavy atom. The van der Waals surface area contributed by atoms with Crippen molar-refractivity contribution in [2.75, 3.05) is 17.8 Å². The van der Waals surface area contributed by atoms with Gasteiger partial charge >= 0.3 is 16.4 Å². The van der Waals surface area contributed by atoms with E-state index >= 15 is 0 Å². The summed E-state index contributed by atoms with van der Waals surface area (Å²) in [7, 11) is -3.82. The molecule has 1 aliphatic heterocycles. The van der Waals surface area contributed by atoms with Gasteiger partial charge in [0, 0.05) is 19.3 Å². The molecule has 1 fully saturated rings. The lowest BCUT2D eigenvalue weighted by atomic mass is 10.4. The number of hydrogen-bond donors (Lipinski definition) is 1. The third kappa shape index (κ3) is 3.76. The molecular weight excluding hydrogens is 321 g/mol. The highest BCUT2D eigenvalue weighted by atomic mass is 35.5. The summed E-state index contributed by atoms with van der Waals surface area (Å²) in [4.78, 5) is 0. The lowest BCUT2D eigenvalue weighted by molar-refractivity contribution is -0.142. The summed E-state index contributed by atoms with van der Waals surface area (Å²) in [6.07, 6.45) is -2.04. The molecule has 11 heteroatoms. The number of alkyl halides is 3. The van der Waals surface area contributed by atoms with Crippen molar-refractivity contribution in [1.82, 2.24) is 14.1 Å². The fourth-order valence-electron chi connectivity index (χ4n) is 1.85. The highest BCUT2D eigenvalue weighted by Gasteiger charge is 2.30. The minimum Gasteiger partial charge on any atom is -0.260 e. The first kappa shape index (κ1) is 15.4. The molecule has 0 saturated carbocycles. The van der Waals surface area contributed by atoms with E-state index in [0.29, 0.717) is 17.8 Å². The van der Waals surface area contributed by atoms with E-state index in [1.165, 1.54) is 4.31 Å². The number of hydrogen-bond acceptors (Lipinski definition) is 3. The van der Waals surface area contributed by atoms with E-state index in [0.717, 1.165) is 19.0 Å². The Bertz CT molecular complexity index is 581. The van der Waals surface area contributed by atoms with Gasteiger partial charge in [0.05, 0.1) is 0 Å². The average molecular weight is 333 g/mol. The van der Waals surface area contributed by atoms with E-state index in [1.54, 1.807) is 0 Å². The van der Waals surface area contributed by atoms with Crippen LogP contribution in [0, 0.1) is 0 Å². The molecule has 2 rings (SSSR count). The Hall–Kier alpha value is -1.00. The first-order valence-corrected chi connectivity index (χ1v) is 7.57. The molecule has 0 unspecified atom stereocenters. The molecule has 114 valence electrons. The van der Waals surface area contributed by atoms with Crippen molar-refractivity contribution in [3.8, 4) is 0 Å². The molecule has 0 bridgehead atoms. The molecule has 0 aromatic carbocycles. The van der Waals surface area contributed by atoms with Gasteiger partial charge in [-0.2, -0.15) is 31.0 Å². The standard InChI is InChI=1S/C9H12ClF3N4O2S/c10-7-5-16(6-9(11,12)13)14-8(7)15-20(18,19)17-3-1-2-4-17/h5H,1-4,6H2,(H,14,15). The Labute approximate surface area is 118 Å². The van der Waals surface area contributed by atoms with Crippen molar-refractivity contribution in [2.24, 2.45) is 0 Å². The summed E-state index contributed by atoms with van der Waals surface area (Å²) in [5.41, 5.74) is 0. The van der Waals surface area contributed by atoms with Crippen LogP contribution in [0.5, 0.6) is 0 Å². The number of nitrogens with zero attached hydrogens (tertiary/aromatic N) is 3. The quantitative estimate of drug-likeness (QED) is 0.915. The fourth-order valence-corrected chi connectivity index (χ4v) is 3.36. The molecule has 0 amide bonds. The van der Waals surface area contributed by atoms with Gasteiger partial charge in [-0.15, -0.1) is 0 Å². The summed E-state index contributed by atoms with van der Waals surface area (Å²) in [6, 6.07) is 0. The summed E-state index contributed by atoms with van der Waals surface area (Å²) in [5.74, 6) is -0.303. The molecule has 1 saturated heterocycles. The zero-order valence-electron chi connectivity index (χ0n) is 10.2. The van der Waals surface area contributed by atoms with Crippen LogP contribution in [-0.4, -0.2) is 41.8 Å². The number of halogens is 4. The summed E-state index contributed by atoms with van der Waals surface area (Å²) < 4.78 is 64.4. The Morgan fingerprint density at radius 2 is 1.95 bits per heavy atom. The van der Waals surface area contributed by atoms with Crippen molar-refractivity contribution in [3.05, 3.63) is 11.2 Å². The van der Waals surface area contributed by atoms with Gasteiger partial charge in [-0.05, 0) is 12.8 Å². The molecule has 6 nitrogen and oxygen atoms in total. The SMILES string of the molecule is O=S(=O)(Nc1nn(CC(F)(F)F)cc1Cl)N1CCCC1. The second kappa shape index (κ2) is 5.41. The third-order valence-corrected chi connectivity index (χ3v) is 4.46. The van der Waals surface area contributed by atoms with Crippen LogP contribution in [0.4, 0.5) is 19.0 Å². The average Bonchev–Trinajstić information content (AvgIpc) is 2.87. The summed E-state index contributed by atoms with van der Waals surface area (Å²) in [6.45, 7) is -0.593. The molecule has 1 N–H and O–H groups in total. The van der Waals surface area contributed by atoms with Gasteiger partial charge in [-0.1, -0.05) is 11.6 Å². The van der Waals surface area contributed by atoms with Gasteiger partial charge in [0.2, 0.25) is 0 Å². The molecule has 1 aliphatic rings. The fraction of sp³-hybridized carbons (Fsp3) is 0.667. The zero-order chi connectivity index (χ0) is 15.0. The lowest BCUT2D eigenvalue weighted by Crippen LogP contribution is -2.33. The maximum Gasteiger partial charge on any atom is 0.408 e. The maximum absolute atomic E-state index is 12.2. The van der Waals surface area contributed by atoms with Crippen LogP contribution in [0.1, 0.15) is 12.8 Å². The predicted molar refractivity (Wildman–Crippen MR) is 66.6 cm³/mol. The van der Waals surface area contributed by atoms with Crippen molar-refractivity contribution in [1.29, 1.82) is 0 Å². The molecule has 1 aromatic heterocycles. The normalized spacial score (nSPS) is 17.6. The second-order valence-corrected chi connectivity index (χ2v) is 6.43. The van der Waals surface area contributed by atoms with Gasteiger partial charge in [0.25, 0.3) is 0 Å². The summed E-state index contributed by atoms with van der Waals surface area (Å²) >= 11 is 5.69. The molecule has 20 heavy (non-hydrogen) atoms. The molecule has 0 radical (unpaired) electrons. The molecule has 0 atom stereocenters. The minimum absolute atomic E-state index is 0.183. The van der Waals surface area contributed by atoms with E-state index in [-0.39, 0.29) is 10.8 Å². The smallest absolute Gasteiger partial charge is 0.260 e. The lowest BCUT2D eigenvalue weighted by Gasteiger charge is -2.15. The van der Waals surface area contributed by atoms with Gasteiger partial charge in [0.15, 0.2) is 5.82 Å². The highest BCUT2D eigenvalue weighted by molar-refractivity contribution is 7.90. The molecule has 0 spiro atoms. The number of nitrogens with one attached hydrogen (secondary N) is 1. The molecule has 0 aliphatic carbocycles. The molecular formula is C9H12ClF3N4O2S. The molecule has 2 heterocycles. The van der Waals surface area contributed by atoms with E-state index in [9.17, 15) is 21.6 Å². The van der Waals surface area contributed by atoms with E-state index in [2.05, 4.69) is 9.82 Å². The Kier molecular flexibility index (Phi) is 4.17. The van der Waals surface area contributed by atoms with Gasteiger partial charge in [-0.3, -0.25) is 9.40 Å². The first-order chi connectivity index (χ1) is 9.17. The van der Waals surface area contributed by atoms with Gasteiger partial charge < -0.3 is 0 Å². The van der Waals surface area contributed by atoms with Crippen LogP contribution in [-0.2, 0) is 16.8 Å². The summed E-state index contributed by atoms with van der Waals surface area (Å²) in [5, 5.41) is 3.32. The number of rotatable bonds is 4. The van der Waals surface area contributed by atoms with Crippen molar-refractivity contribution in [2.45, 2.75) is 25.6 Å². The topological polar surface area (TPSA) is 67.2 Å². The van der Waals surface area contributed by atoms with Crippen LogP contribution >= 0.6 is 11.6 Å². The Balaban J connectivity index is 2.13. The van der Waals surface area contributed by atoms with Crippen molar-refractivity contribution in [3.63, 3.8) is 0 Å². The minimum atomic E-state index is -4.46. The first-order valence-electron chi connectivity index (χ1n) is 5.75. The maximum atomic E-state index is 12.2. The van der Waals surface area contributed by atoms with Crippen LogP contribution in [0.3, 0.4) is 0 Å². The zero-order valence-corrected chi connectivity index (χ0v) is 11.8. The van der Waals surface area contributed by atoms with Crippen molar-refractivity contribution < 1.29 is 21.6 Å². The Morgan fingerprint density at radius 3 is 2.50 bits per heavy atom. The van der Waals surface area contributed by atoms with Gasteiger partial charge in [-0.25, -0.2) is 0 Å². The number of anilines is 1. The highest BCUT2D eigenvalue weighted by Crippen LogP contribution is 2.25. The van der Waals surface area contributed by atoms with Crippen LogP contribution in [0.25, 0.3) is 0 Å². The van der Waals surface area contributed by atoms with E-state index in [4.69, 9.17) is 11.6 Å². The second-order valence-electron chi connectivity index (χ2n) is 4.35. The molecule has 1 aromatic rings. The van der Waals surface area contributed by atoms with Crippen molar-refractivity contribution >= 4 is 27.6 Å². The van der Waals surface area contributed by atoms with E-state index in [1.807, 2.05) is 0 Å². The predicted octanol–water partition coefficient (Wildman–Crippen LogP) is 1.85. The van der Waals surface area contributed by atoms with Gasteiger partial charge in [0.1, 0.15) is 11.6 Å². The van der Waals surface area contributed by atoms with Crippen LogP contribution in [0.2, 0.25) is 5.02 Å². The van der Waals surface area contributed by atoms with Crippen LogP contribution in [0.15, 0.2) is 6.20 Å².